The zero-order valence-electron chi connectivity index (χ0n) is 11.3. The molecule has 1 aliphatic carbocycles. The van der Waals surface area contributed by atoms with Crippen molar-refractivity contribution in [2.45, 2.75) is 38.3 Å². The van der Waals surface area contributed by atoms with Gasteiger partial charge in [0.05, 0.1) is 11.3 Å². The van der Waals surface area contributed by atoms with Crippen LogP contribution in [0, 0.1) is 5.82 Å². The first-order chi connectivity index (χ1) is 9.65. The van der Waals surface area contributed by atoms with Gasteiger partial charge in [0.2, 0.25) is 0 Å². The molecule has 0 amide bonds. The van der Waals surface area contributed by atoms with E-state index in [-0.39, 0.29) is 22.9 Å². The monoisotopic (exact) mass is 293 g/mol. The molecule has 0 radical (unpaired) electrons. The molecule has 1 aromatic carbocycles. The minimum Gasteiger partial charge on any atom is -0.469 e. The van der Waals surface area contributed by atoms with Gasteiger partial charge in [0.25, 0.3) is 0 Å². The maximum Gasteiger partial charge on any atom is 0.142 e. The Balaban J connectivity index is 1.77. The van der Waals surface area contributed by atoms with Gasteiger partial charge >= 0.3 is 0 Å². The van der Waals surface area contributed by atoms with Crippen molar-refractivity contribution in [2.75, 3.05) is 0 Å². The number of halogens is 2. The van der Waals surface area contributed by atoms with Crippen LogP contribution in [0.1, 0.15) is 48.7 Å². The van der Waals surface area contributed by atoms with Gasteiger partial charge < -0.3 is 9.73 Å². The molecule has 1 N–H and O–H groups in total. The molecule has 3 rings (SSSR count). The van der Waals surface area contributed by atoms with Gasteiger partial charge in [-0.25, -0.2) is 4.39 Å². The second-order valence-electron chi connectivity index (χ2n) is 5.31. The lowest BCUT2D eigenvalue weighted by atomic mass is 9.92. The molecule has 0 fully saturated rings. The van der Waals surface area contributed by atoms with Gasteiger partial charge in [0.1, 0.15) is 11.6 Å². The van der Waals surface area contributed by atoms with E-state index in [0.29, 0.717) is 0 Å². The molecule has 2 aromatic rings. The summed E-state index contributed by atoms with van der Waals surface area (Å²) < 4.78 is 19.0. The highest BCUT2D eigenvalue weighted by Gasteiger charge is 2.24. The highest BCUT2D eigenvalue weighted by atomic mass is 35.5. The summed E-state index contributed by atoms with van der Waals surface area (Å²) in [6.45, 7) is 2.04. The predicted molar refractivity (Wildman–Crippen MR) is 77.3 cm³/mol. The summed E-state index contributed by atoms with van der Waals surface area (Å²) in [4.78, 5) is 0. The molecule has 4 heteroatoms. The van der Waals surface area contributed by atoms with Gasteiger partial charge in [-0.05, 0) is 43.5 Å². The fourth-order valence-corrected chi connectivity index (χ4v) is 2.96. The van der Waals surface area contributed by atoms with E-state index in [1.807, 2.05) is 19.1 Å². The lowest BCUT2D eigenvalue weighted by Crippen LogP contribution is -2.27. The Labute approximate surface area is 122 Å². The first kappa shape index (κ1) is 13.7. The topological polar surface area (TPSA) is 25.2 Å². The normalized spacial score (nSPS) is 19.6. The number of hydrogen-bond acceptors (Lipinski definition) is 2. The zero-order valence-corrected chi connectivity index (χ0v) is 12.1. The molecule has 1 aliphatic rings. The standard InChI is InChI=1S/C16H17ClFNO/c1-10(11-5-6-13(17)14(18)9-11)19-15-3-2-4-16-12(15)7-8-20-16/h5-10,15,19H,2-4H2,1H3. The van der Waals surface area contributed by atoms with Crippen LogP contribution < -0.4 is 5.32 Å². The van der Waals surface area contributed by atoms with Gasteiger partial charge in [-0.15, -0.1) is 0 Å². The van der Waals surface area contributed by atoms with Crippen LogP contribution in [0.4, 0.5) is 4.39 Å². The van der Waals surface area contributed by atoms with Crippen LogP contribution in [0.5, 0.6) is 0 Å². The van der Waals surface area contributed by atoms with Crippen LogP contribution in [0.25, 0.3) is 0 Å². The van der Waals surface area contributed by atoms with Crippen molar-refractivity contribution in [3.63, 3.8) is 0 Å². The average Bonchev–Trinajstić information content (AvgIpc) is 2.91. The highest BCUT2D eigenvalue weighted by Crippen LogP contribution is 2.32. The number of aryl methyl sites for hydroxylation is 1. The van der Waals surface area contributed by atoms with Crippen molar-refractivity contribution in [3.05, 3.63) is 58.3 Å². The van der Waals surface area contributed by atoms with E-state index in [0.717, 1.165) is 30.6 Å². The van der Waals surface area contributed by atoms with Crippen LogP contribution >= 0.6 is 11.6 Å². The van der Waals surface area contributed by atoms with Gasteiger partial charge in [0.15, 0.2) is 0 Å². The Kier molecular flexibility index (Phi) is 3.81. The van der Waals surface area contributed by atoms with E-state index in [2.05, 4.69) is 5.32 Å². The predicted octanol–water partition coefficient (Wildman–Crippen LogP) is 4.80. The third-order valence-corrected chi connectivity index (χ3v) is 4.25. The average molecular weight is 294 g/mol. The molecule has 2 atom stereocenters. The Hall–Kier alpha value is -1.32. The number of nitrogens with one attached hydrogen (secondary N) is 1. The lowest BCUT2D eigenvalue weighted by Gasteiger charge is -2.26. The van der Waals surface area contributed by atoms with Crippen LogP contribution in [0.15, 0.2) is 34.9 Å². The second kappa shape index (κ2) is 5.58. The molecule has 0 saturated heterocycles. The molecule has 1 aromatic heterocycles. The van der Waals surface area contributed by atoms with Crippen LogP contribution in [-0.2, 0) is 6.42 Å². The van der Waals surface area contributed by atoms with E-state index in [1.54, 1.807) is 12.3 Å². The number of furan rings is 1. The van der Waals surface area contributed by atoms with Crippen molar-refractivity contribution in [2.24, 2.45) is 0 Å². The summed E-state index contributed by atoms with van der Waals surface area (Å²) in [5, 5.41) is 3.72. The smallest absolute Gasteiger partial charge is 0.142 e. The van der Waals surface area contributed by atoms with Crippen LogP contribution in [-0.4, -0.2) is 0 Å². The third-order valence-electron chi connectivity index (χ3n) is 3.95. The number of fused-ring (bicyclic) bond motifs is 1. The molecular weight excluding hydrogens is 277 g/mol. The summed E-state index contributed by atoms with van der Waals surface area (Å²) in [5.41, 5.74) is 2.14. The van der Waals surface area contributed by atoms with E-state index < -0.39 is 0 Å². The van der Waals surface area contributed by atoms with Crippen molar-refractivity contribution in [1.82, 2.24) is 5.32 Å². The summed E-state index contributed by atoms with van der Waals surface area (Å²) in [6.07, 6.45) is 4.94. The number of hydrogen-bond donors (Lipinski definition) is 1. The quantitative estimate of drug-likeness (QED) is 0.879. The molecule has 2 nitrogen and oxygen atoms in total. The third kappa shape index (κ3) is 2.60. The molecule has 1 heterocycles. The first-order valence-electron chi connectivity index (χ1n) is 6.92. The van der Waals surface area contributed by atoms with E-state index in [1.165, 1.54) is 11.6 Å². The Bertz CT molecular complexity index is 610. The summed E-state index contributed by atoms with van der Waals surface area (Å²) in [5.74, 6) is 0.702. The molecule has 0 saturated carbocycles. The second-order valence-corrected chi connectivity index (χ2v) is 5.71. The lowest BCUT2D eigenvalue weighted by molar-refractivity contribution is 0.385. The van der Waals surface area contributed by atoms with Gasteiger partial charge in [0, 0.05) is 24.1 Å². The maximum absolute atomic E-state index is 13.5. The van der Waals surface area contributed by atoms with Crippen molar-refractivity contribution in [3.8, 4) is 0 Å². The summed E-state index contributed by atoms with van der Waals surface area (Å²) in [7, 11) is 0. The van der Waals surface area contributed by atoms with Gasteiger partial charge in [-0.2, -0.15) is 0 Å². The van der Waals surface area contributed by atoms with Crippen LogP contribution in [0.2, 0.25) is 5.02 Å². The Morgan fingerprint density at radius 1 is 1.40 bits per heavy atom. The maximum atomic E-state index is 13.5. The Morgan fingerprint density at radius 3 is 3.05 bits per heavy atom. The Morgan fingerprint density at radius 2 is 2.25 bits per heavy atom. The molecule has 0 aliphatic heterocycles. The fraction of sp³-hybridized carbons (Fsp3) is 0.375. The summed E-state index contributed by atoms with van der Waals surface area (Å²) in [6, 6.07) is 7.33. The zero-order chi connectivity index (χ0) is 14.1. The van der Waals surface area contributed by atoms with Gasteiger partial charge in [-0.1, -0.05) is 17.7 Å². The van der Waals surface area contributed by atoms with Crippen LogP contribution in [0.3, 0.4) is 0 Å². The summed E-state index contributed by atoms with van der Waals surface area (Å²) >= 11 is 5.72. The molecule has 0 spiro atoms. The molecular formula is C16H17ClFNO. The van der Waals surface area contributed by atoms with Crippen molar-refractivity contribution >= 4 is 11.6 Å². The van der Waals surface area contributed by atoms with E-state index in [9.17, 15) is 4.39 Å². The first-order valence-corrected chi connectivity index (χ1v) is 7.30. The number of rotatable bonds is 3. The van der Waals surface area contributed by atoms with E-state index in [4.69, 9.17) is 16.0 Å². The highest BCUT2D eigenvalue weighted by molar-refractivity contribution is 6.30. The molecule has 20 heavy (non-hydrogen) atoms. The van der Waals surface area contributed by atoms with E-state index >= 15 is 0 Å². The SMILES string of the molecule is CC(NC1CCCc2occc21)c1ccc(Cl)c(F)c1. The minimum atomic E-state index is -0.370. The largest absolute Gasteiger partial charge is 0.469 e. The fourth-order valence-electron chi connectivity index (χ4n) is 2.84. The molecule has 2 unspecified atom stereocenters. The van der Waals surface area contributed by atoms with Crippen molar-refractivity contribution < 1.29 is 8.81 Å². The van der Waals surface area contributed by atoms with Gasteiger partial charge in [-0.3, -0.25) is 0 Å². The van der Waals surface area contributed by atoms with Crippen molar-refractivity contribution in [1.29, 1.82) is 0 Å². The number of benzene rings is 1. The minimum absolute atomic E-state index is 0.0626. The molecule has 0 bridgehead atoms. The molecule has 106 valence electrons.